The van der Waals surface area contributed by atoms with Crippen molar-refractivity contribution in [3.63, 3.8) is 0 Å². The van der Waals surface area contributed by atoms with Gasteiger partial charge in [0, 0.05) is 24.9 Å². The van der Waals surface area contributed by atoms with Crippen molar-refractivity contribution in [2.45, 2.75) is 19.4 Å². The molecule has 1 aromatic heterocycles. The van der Waals surface area contributed by atoms with Gasteiger partial charge in [-0.2, -0.15) is 0 Å². The fourth-order valence-electron chi connectivity index (χ4n) is 1.44. The van der Waals surface area contributed by atoms with E-state index in [1.807, 2.05) is 19.2 Å². The average molecular weight is 176 g/mol. The molecule has 0 amide bonds. The first-order chi connectivity index (χ1) is 6.36. The molecule has 0 saturated heterocycles. The minimum atomic E-state index is 0.166. The quantitative estimate of drug-likeness (QED) is 0.654. The predicted octanol–water partition coefficient (Wildman–Crippen LogP) is 1.88. The number of hydrogen-bond acceptors (Lipinski definition) is 3. The Morgan fingerprint density at radius 2 is 2.46 bits per heavy atom. The molecule has 2 heterocycles. The van der Waals surface area contributed by atoms with Gasteiger partial charge in [-0.15, -0.1) is 0 Å². The molecule has 3 nitrogen and oxygen atoms in total. The average Bonchev–Trinajstić information content (AvgIpc) is 2.19. The van der Waals surface area contributed by atoms with Crippen LogP contribution in [-0.2, 0) is 4.74 Å². The van der Waals surface area contributed by atoms with Crippen LogP contribution in [0.3, 0.4) is 0 Å². The Morgan fingerprint density at radius 3 is 3.15 bits per heavy atom. The highest BCUT2D eigenvalue weighted by atomic mass is 16.5. The second kappa shape index (κ2) is 3.56. The SMILES string of the molecule is Cc1cc(C2CCN=CO2)ccn1. The summed E-state index contributed by atoms with van der Waals surface area (Å²) in [7, 11) is 0. The number of aliphatic imine (C=N–C) groups is 1. The standard InChI is InChI=1S/C10H12N2O/c1-8-6-9(2-5-12-8)10-3-4-11-7-13-10/h2,5-7,10H,3-4H2,1H3. The second-order valence-corrected chi connectivity index (χ2v) is 3.16. The van der Waals surface area contributed by atoms with E-state index >= 15 is 0 Å². The molecule has 0 N–H and O–H groups in total. The molecule has 68 valence electrons. The molecule has 1 unspecified atom stereocenters. The van der Waals surface area contributed by atoms with E-state index in [0.29, 0.717) is 0 Å². The largest absolute Gasteiger partial charge is 0.476 e. The van der Waals surface area contributed by atoms with Gasteiger partial charge in [0.15, 0.2) is 6.40 Å². The molecule has 1 aliphatic rings. The molecular weight excluding hydrogens is 164 g/mol. The summed E-state index contributed by atoms with van der Waals surface area (Å²) in [5.74, 6) is 0. The van der Waals surface area contributed by atoms with Gasteiger partial charge >= 0.3 is 0 Å². The molecular formula is C10H12N2O. The highest BCUT2D eigenvalue weighted by Crippen LogP contribution is 2.22. The van der Waals surface area contributed by atoms with Crippen molar-refractivity contribution in [1.29, 1.82) is 0 Å². The first-order valence-electron chi connectivity index (χ1n) is 4.42. The third-order valence-electron chi connectivity index (χ3n) is 2.11. The van der Waals surface area contributed by atoms with Crippen LogP contribution < -0.4 is 0 Å². The smallest absolute Gasteiger partial charge is 0.170 e. The Balaban J connectivity index is 2.20. The lowest BCUT2D eigenvalue weighted by atomic mass is 10.1. The lowest BCUT2D eigenvalue weighted by Gasteiger charge is -2.18. The van der Waals surface area contributed by atoms with Crippen LogP contribution in [0, 0.1) is 6.92 Å². The predicted molar refractivity (Wildman–Crippen MR) is 50.8 cm³/mol. The highest BCUT2D eigenvalue weighted by Gasteiger charge is 2.13. The fourth-order valence-corrected chi connectivity index (χ4v) is 1.44. The second-order valence-electron chi connectivity index (χ2n) is 3.16. The lowest BCUT2D eigenvalue weighted by molar-refractivity contribution is 0.181. The summed E-state index contributed by atoms with van der Waals surface area (Å²) in [5.41, 5.74) is 2.22. The molecule has 0 saturated carbocycles. The fraction of sp³-hybridized carbons (Fsp3) is 0.400. The van der Waals surface area contributed by atoms with Crippen LogP contribution in [0.1, 0.15) is 23.8 Å². The van der Waals surface area contributed by atoms with Crippen molar-refractivity contribution in [3.05, 3.63) is 29.6 Å². The number of pyridine rings is 1. The molecule has 1 atom stereocenters. The van der Waals surface area contributed by atoms with Crippen molar-refractivity contribution in [2.24, 2.45) is 4.99 Å². The molecule has 3 heteroatoms. The van der Waals surface area contributed by atoms with E-state index in [1.165, 1.54) is 5.56 Å². The maximum atomic E-state index is 5.40. The van der Waals surface area contributed by atoms with Gasteiger partial charge in [-0.1, -0.05) is 0 Å². The van der Waals surface area contributed by atoms with Crippen molar-refractivity contribution in [1.82, 2.24) is 4.98 Å². The number of rotatable bonds is 1. The van der Waals surface area contributed by atoms with Crippen molar-refractivity contribution in [2.75, 3.05) is 6.54 Å². The van der Waals surface area contributed by atoms with E-state index in [-0.39, 0.29) is 6.10 Å². The highest BCUT2D eigenvalue weighted by molar-refractivity contribution is 5.48. The Bertz CT molecular complexity index is 322. The zero-order valence-electron chi connectivity index (χ0n) is 7.60. The van der Waals surface area contributed by atoms with Crippen LogP contribution in [-0.4, -0.2) is 17.9 Å². The van der Waals surface area contributed by atoms with Crippen LogP contribution in [0.15, 0.2) is 23.3 Å². The third kappa shape index (κ3) is 1.86. The van der Waals surface area contributed by atoms with E-state index in [0.717, 1.165) is 18.7 Å². The maximum Gasteiger partial charge on any atom is 0.170 e. The molecule has 13 heavy (non-hydrogen) atoms. The molecule has 0 bridgehead atoms. The Labute approximate surface area is 77.5 Å². The van der Waals surface area contributed by atoms with E-state index in [4.69, 9.17) is 4.74 Å². The molecule has 0 fully saturated rings. The summed E-state index contributed by atoms with van der Waals surface area (Å²) >= 11 is 0. The summed E-state index contributed by atoms with van der Waals surface area (Å²) in [5, 5.41) is 0. The Hall–Kier alpha value is -1.38. The Morgan fingerprint density at radius 1 is 1.54 bits per heavy atom. The summed E-state index contributed by atoms with van der Waals surface area (Å²) in [6.45, 7) is 2.84. The molecule has 0 aliphatic carbocycles. The van der Waals surface area contributed by atoms with Gasteiger partial charge in [-0.3, -0.25) is 9.98 Å². The minimum Gasteiger partial charge on any atom is -0.476 e. The number of nitrogens with zero attached hydrogens (tertiary/aromatic N) is 2. The minimum absolute atomic E-state index is 0.166. The number of aromatic nitrogens is 1. The van der Waals surface area contributed by atoms with E-state index in [2.05, 4.69) is 16.0 Å². The van der Waals surface area contributed by atoms with Crippen LogP contribution in [0.2, 0.25) is 0 Å². The third-order valence-corrected chi connectivity index (χ3v) is 2.11. The topological polar surface area (TPSA) is 34.5 Å². The zero-order valence-corrected chi connectivity index (χ0v) is 7.60. The molecule has 1 aliphatic heterocycles. The molecule has 2 rings (SSSR count). The van der Waals surface area contributed by atoms with Gasteiger partial charge in [0.2, 0.25) is 0 Å². The molecule has 0 radical (unpaired) electrons. The van der Waals surface area contributed by atoms with Gasteiger partial charge < -0.3 is 4.74 Å². The lowest BCUT2D eigenvalue weighted by Crippen LogP contribution is -2.10. The zero-order chi connectivity index (χ0) is 9.10. The normalized spacial score (nSPS) is 21.2. The van der Waals surface area contributed by atoms with Gasteiger partial charge in [0.05, 0.1) is 0 Å². The summed E-state index contributed by atoms with van der Waals surface area (Å²) in [6, 6.07) is 4.06. The van der Waals surface area contributed by atoms with E-state index in [9.17, 15) is 0 Å². The summed E-state index contributed by atoms with van der Waals surface area (Å²) in [4.78, 5) is 8.16. The van der Waals surface area contributed by atoms with Crippen LogP contribution >= 0.6 is 0 Å². The van der Waals surface area contributed by atoms with Crippen molar-refractivity contribution < 1.29 is 4.74 Å². The molecule has 1 aromatic rings. The molecule has 0 spiro atoms. The van der Waals surface area contributed by atoms with Gasteiger partial charge in [0.25, 0.3) is 0 Å². The number of aryl methyl sites for hydroxylation is 1. The summed E-state index contributed by atoms with van der Waals surface area (Å²) in [6.07, 6.45) is 4.49. The first kappa shape index (κ1) is 8.23. The van der Waals surface area contributed by atoms with Gasteiger partial charge in [0.1, 0.15) is 6.10 Å². The van der Waals surface area contributed by atoms with Crippen LogP contribution in [0.4, 0.5) is 0 Å². The van der Waals surface area contributed by atoms with Crippen molar-refractivity contribution >= 4 is 6.40 Å². The van der Waals surface area contributed by atoms with Gasteiger partial charge in [-0.05, 0) is 24.6 Å². The van der Waals surface area contributed by atoms with Crippen LogP contribution in [0.5, 0.6) is 0 Å². The van der Waals surface area contributed by atoms with E-state index < -0.39 is 0 Å². The Kier molecular flexibility index (Phi) is 2.25. The van der Waals surface area contributed by atoms with Gasteiger partial charge in [-0.25, -0.2) is 0 Å². The van der Waals surface area contributed by atoms with Crippen molar-refractivity contribution in [3.8, 4) is 0 Å². The maximum absolute atomic E-state index is 5.40. The summed E-state index contributed by atoms with van der Waals surface area (Å²) < 4.78 is 5.40. The number of ether oxygens (including phenoxy) is 1. The number of hydrogen-bond donors (Lipinski definition) is 0. The van der Waals surface area contributed by atoms with Crippen LogP contribution in [0.25, 0.3) is 0 Å². The monoisotopic (exact) mass is 176 g/mol. The van der Waals surface area contributed by atoms with E-state index in [1.54, 1.807) is 6.40 Å². The first-order valence-corrected chi connectivity index (χ1v) is 4.42. The molecule has 0 aromatic carbocycles.